The third kappa shape index (κ3) is 8.67. The van der Waals surface area contributed by atoms with Gasteiger partial charge >= 0.3 is 0 Å². The van der Waals surface area contributed by atoms with Crippen molar-refractivity contribution < 1.29 is 14.6 Å². The van der Waals surface area contributed by atoms with E-state index in [2.05, 4.69) is 38.7 Å². The number of methoxy groups -OCH3 is 1. The predicted molar refractivity (Wildman–Crippen MR) is 99.4 cm³/mol. The molecule has 1 aromatic carbocycles. The Morgan fingerprint density at radius 2 is 1.75 bits per heavy atom. The molecular formula is C20H35NO3. The van der Waals surface area contributed by atoms with Gasteiger partial charge in [-0.3, -0.25) is 4.90 Å². The second-order valence-electron chi connectivity index (χ2n) is 7.31. The summed E-state index contributed by atoms with van der Waals surface area (Å²) < 4.78 is 11.0. The summed E-state index contributed by atoms with van der Waals surface area (Å²) in [7, 11) is 1.70. The largest absolute Gasteiger partial charge is 0.496 e. The highest BCUT2D eigenvalue weighted by atomic mass is 16.5. The Hall–Kier alpha value is -1.10. The highest BCUT2D eigenvalue weighted by Crippen LogP contribution is 2.20. The van der Waals surface area contributed by atoms with Crippen LogP contribution in [-0.2, 0) is 11.3 Å². The molecule has 0 bridgehead atoms. The fourth-order valence-corrected chi connectivity index (χ4v) is 2.54. The molecule has 0 radical (unpaired) electrons. The van der Waals surface area contributed by atoms with Gasteiger partial charge in [0.1, 0.15) is 5.75 Å². The lowest BCUT2D eigenvalue weighted by Gasteiger charge is -2.26. The first-order valence-corrected chi connectivity index (χ1v) is 9.02. The lowest BCUT2D eigenvalue weighted by Crippen LogP contribution is -2.36. The molecule has 0 aliphatic carbocycles. The zero-order chi connectivity index (χ0) is 17.9. The van der Waals surface area contributed by atoms with Crippen molar-refractivity contribution in [1.82, 2.24) is 4.90 Å². The zero-order valence-electron chi connectivity index (χ0n) is 16.0. The van der Waals surface area contributed by atoms with E-state index < -0.39 is 6.10 Å². The molecular weight excluding hydrogens is 302 g/mol. The van der Waals surface area contributed by atoms with Crippen LogP contribution >= 0.6 is 0 Å². The summed E-state index contributed by atoms with van der Waals surface area (Å²) in [5.74, 6) is 2.03. The van der Waals surface area contributed by atoms with Crippen molar-refractivity contribution in [3.63, 3.8) is 0 Å². The molecule has 0 saturated heterocycles. The van der Waals surface area contributed by atoms with E-state index >= 15 is 0 Å². The van der Waals surface area contributed by atoms with Gasteiger partial charge in [0.25, 0.3) is 0 Å². The van der Waals surface area contributed by atoms with E-state index in [0.717, 1.165) is 30.8 Å². The third-order valence-corrected chi connectivity index (χ3v) is 3.84. The van der Waals surface area contributed by atoms with Crippen molar-refractivity contribution in [3.8, 4) is 5.75 Å². The van der Waals surface area contributed by atoms with Crippen LogP contribution in [0.15, 0.2) is 24.3 Å². The minimum Gasteiger partial charge on any atom is -0.496 e. The maximum absolute atomic E-state index is 10.3. The van der Waals surface area contributed by atoms with Crippen molar-refractivity contribution in [3.05, 3.63) is 29.8 Å². The molecule has 4 heteroatoms. The minimum absolute atomic E-state index is 0.391. The van der Waals surface area contributed by atoms with Crippen LogP contribution in [0.5, 0.6) is 5.75 Å². The Kier molecular flexibility index (Phi) is 9.99. The van der Waals surface area contributed by atoms with Crippen LogP contribution < -0.4 is 4.74 Å². The SMILES string of the molecule is COc1ccccc1CN(CCC(C)C)C[C@H](O)COCC(C)C. The Balaban J connectivity index is 2.62. The predicted octanol–water partition coefficient (Wildman–Crippen LogP) is 3.58. The Labute approximate surface area is 147 Å². The molecule has 138 valence electrons. The Morgan fingerprint density at radius 1 is 1.04 bits per heavy atom. The summed E-state index contributed by atoms with van der Waals surface area (Å²) in [6, 6.07) is 8.08. The standard InChI is InChI=1S/C20H35NO3/c1-16(2)10-11-21(13-19(22)15-24-14-17(3)4)12-18-8-6-7-9-20(18)23-5/h6-9,16-17,19,22H,10-15H2,1-5H3/t19-/m0/s1. The van der Waals surface area contributed by atoms with Gasteiger partial charge in [-0.05, 0) is 30.9 Å². The van der Waals surface area contributed by atoms with Gasteiger partial charge in [0.05, 0.1) is 19.8 Å². The van der Waals surface area contributed by atoms with Crippen LogP contribution in [0.25, 0.3) is 0 Å². The van der Waals surface area contributed by atoms with Gasteiger partial charge < -0.3 is 14.6 Å². The molecule has 0 heterocycles. The quantitative estimate of drug-likeness (QED) is 0.633. The van der Waals surface area contributed by atoms with E-state index in [1.54, 1.807) is 7.11 Å². The van der Waals surface area contributed by atoms with Crippen molar-refractivity contribution in [1.29, 1.82) is 0 Å². The maximum atomic E-state index is 10.3. The van der Waals surface area contributed by atoms with Crippen LogP contribution in [0.1, 0.15) is 39.7 Å². The van der Waals surface area contributed by atoms with Gasteiger partial charge in [-0.15, -0.1) is 0 Å². The van der Waals surface area contributed by atoms with E-state index in [9.17, 15) is 5.11 Å². The minimum atomic E-state index is -0.467. The van der Waals surface area contributed by atoms with E-state index in [1.807, 2.05) is 18.2 Å². The number of rotatable bonds is 12. The summed E-state index contributed by atoms with van der Waals surface area (Å²) >= 11 is 0. The smallest absolute Gasteiger partial charge is 0.123 e. The molecule has 0 aromatic heterocycles. The molecule has 1 aromatic rings. The molecule has 0 amide bonds. The van der Waals surface area contributed by atoms with Crippen molar-refractivity contribution in [2.24, 2.45) is 11.8 Å². The normalized spacial score (nSPS) is 13.0. The third-order valence-electron chi connectivity index (χ3n) is 3.84. The highest BCUT2D eigenvalue weighted by Gasteiger charge is 2.15. The number of benzene rings is 1. The second kappa shape index (κ2) is 11.5. The molecule has 24 heavy (non-hydrogen) atoms. The number of aliphatic hydroxyl groups is 1. The molecule has 4 nitrogen and oxygen atoms in total. The number of aliphatic hydroxyl groups excluding tert-OH is 1. The van der Waals surface area contributed by atoms with E-state index in [-0.39, 0.29) is 0 Å². The molecule has 1 rings (SSSR count). The van der Waals surface area contributed by atoms with Gasteiger partial charge in [0, 0.05) is 25.3 Å². The lowest BCUT2D eigenvalue weighted by molar-refractivity contribution is 0.00619. The molecule has 0 aliphatic heterocycles. The van der Waals surface area contributed by atoms with Crippen LogP contribution in [-0.4, -0.2) is 49.5 Å². The molecule has 0 aliphatic rings. The summed E-state index contributed by atoms with van der Waals surface area (Å²) in [5, 5.41) is 10.3. The Bertz CT molecular complexity index is 448. The molecule has 1 atom stereocenters. The molecule has 0 unspecified atom stereocenters. The first-order chi connectivity index (χ1) is 11.4. The number of nitrogens with zero attached hydrogens (tertiary/aromatic N) is 1. The highest BCUT2D eigenvalue weighted by molar-refractivity contribution is 5.33. The second-order valence-corrected chi connectivity index (χ2v) is 7.31. The van der Waals surface area contributed by atoms with Gasteiger partial charge in [-0.25, -0.2) is 0 Å². The number of hydrogen-bond donors (Lipinski definition) is 1. The van der Waals surface area contributed by atoms with Crippen molar-refractivity contribution in [2.45, 2.75) is 46.8 Å². The fraction of sp³-hybridized carbons (Fsp3) is 0.700. The maximum Gasteiger partial charge on any atom is 0.123 e. The Morgan fingerprint density at radius 3 is 2.38 bits per heavy atom. The summed E-state index contributed by atoms with van der Waals surface area (Å²) in [6.07, 6.45) is 0.639. The fourth-order valence-electron chi connectivity index (χ4n) is 2.54. The molecule has 0 fully saturated rings. The first-order valence-electron chi connectivity index (χ1n) is 9.02. The van der Waals surface area contributed by atoms with Crippen molar-refractivity contribution >= 4 is 0 Å². The molecule has 0 saturated carbocycles. The van der Waals surface area contributed by atoms with Gasteiger partial charge in [-0.1, -0.05) is 45.9 Å². The van der Waals surface area contributed by atoms with Crippen LogP contribution in [0, 0.1) is 11.8 Å². The van der Waals surface area contributed by atoms with Crippen LogP contribution in [0.4, 0.5) is 0 Å². The zero-order valence-corrected chi connectivity index (χ0v) is 16.0. The number of hydrogen-bond acceptors (Lipinski definition) is 4. The van der Waals surface area contributed by atoms with Crippen LogP contribution in [0.3, 0.4) is 0 Å². The summed E-state index contributed by atoms with van der Waals surface area (Å²) in [5.41, 5.74) is 1.15. The van der Waals surface area contributed by atoms with Crippen LogP contribution in [0.2, 0.25) is 0 Å². The summed E-state index contributed by atoms with van der Waals surface area (Å²) in [4.78, 5) is 2.29. The number of ether oxygens (including phenoxy) is 2. The lowest BCUT2D eigenvalue weighted by atomic mass is 10.1. The van der Waals surface area contributed by atoms with Gasteiger partial charge in [0.15, 0.2) is 0 Å². The monoisotopic (exact) mass is 337 g/mol. The molecule has 1 N–H and O–H groups in total. The van der Waals surface area contributed by atoms with E-state index in [1.165, 1.54) is 0 Å². The van der Waals surface area contributed by atoms with E-state index in [4.69, 9.17) is 9.47 Å². The number of para-hydroxylation sites is 1. The average Bonchev–Trinajstić information content (AvgIpc) is 2.52. The van der Waals surface area contributed by atoms with Gasteiger partial charge in [0.2, 0.25) is 0 Å². The van der Waals surface area contributed by atoms with E-state index in [0.29, 0.717) is 31.6 Å². The first kappa shape index (κ1) is 20.9. The topological polar surface area (TPSA) is 41.9 Å². The van der Waals surface area contributed by atoms with Gasteiger partial charge in [-0.2, -0.15) is 0 Å². The average molecular weight is 338 g/mol. The summed E-state index contributed by atoms with van der Waals surface area (Å²) in [6.45, 7) is 12.1. The van der Waals surface area contributed by atoms with Crippen molar-refractivity contribution in [2.75, 3.05) is 33.4 Å². The molecule has 0 spiro atoms.